The van der Waals surface area contributed by atoms with Crippen molar-refractivity contribution in [2.45, 2.75) is 0 Å². The highest BCUT2D eigenvalue weighted by Gasteiger charge is 2.09. The molecule has 1 amide bonds. The molecule has 0 saturated heterocycles. The zero-order valence-corrected chi connectivity index (χ0v) is 8.93. The lowest BCUT2D eigenvalue weighted by Gasteiger charge is -2.03. The molecule has 88 valence electrons. The molecule has 1 heterocycles. The van der Waals surface area contributed by atoms with Gasteiger partial charge in [0.05, 0.1) is 7.11 Å². The number of fused-ring (bicyclic) bond motifs is 1. The first-order chi connectivity index (χ1) is 8.10. The van der Waals surface area contributed by atoms with Crippen LogP contribution in [-0.2, 0) is 0 Å². The molecule has 1 aromatic heterocycles. The monoisotopic (exact) mass is 235 g/mol. The predicted molar refractivity (Wildman–Crippen MR) is 59.2 cm³/mol. The Balaban J connectivity index is 2.58. The van der Waals surface area contributed by atoms with Crippen LogP contribution in [0.4, 0.5) is 4.79 Å². The molecule has 0 aliphatic carbocycles. The minimum Gasteiger partial charge on any atom is -0.497 e. The molecule has 0 aliphatic rings. The van der Waals surface area contributed by atoms with Crippen LogP contribution in [0, 0.1) is 0 Å². The van der Waals surface area contributed by atoms with E-state index >= 15 is 0 Å². The largest absolute Gasteiger partial charge is 0.497 e. The Morgan fingerprint density at radius 1 is 1.35 bits per heavy atom. The summed E-state index contributed by atoms with van der Waals surface area (Å²) in [5.74, 6) is 0.319. The minimum atomic E-state index is -1.06. The summed E-state index contributed by atoms with van der Waals surface area (Å²) in [4.78, 5) is 22.0. The first kappa shape index (κ1) is 11.0. The number of amides is 1. The second-order valence-corrected chi connectivity index (χ2v) is 3.22. The van der Waals surface area contributed by atoms with Gasteiger partial charge in [-0.3, -0.25) is 0 Å². The normalized spacial score (nSPS) is 10.2. The molecule has 0 aliphatic heterocycles. The number of hydrogen-bond donors (Lipinski definition) is 1. The van der Waals surface area contributed by atoms with E-state index in [1.807, 2.05) is 0 Å². The smallest absolute Gasteiger partial charge is 0.410 e. The minimum absolute atomic E-state index is 0.241. The first-order valence-corrected chi connectivity index (χ1v) is 4.69. The van der Waals surface area contributed by atoms with Crippen LogP contribution in [0.25, 0.3) is 11.0 Å². The maximum absolute atomic E-state index is 11.4. The van der Waals surface area contributed by atoms with Gasteiger partial charge in [0.1, 0.15) is 11.3 Å². The van der Waals surface area contributed by atoms with Gasteiger partial charge in [-0.1, -0.05) is 0 Å². The molecule has 0 saturated carbocycles. The molecule has 2 aromatic rings. The molecule has 0 bridgehead atoms. The molecule has 0 spiro atoms. The summed E-state index contributed by atoms with van der Waals surface area (Å²) < 4.78 is 14.5. The van der Waals surface area contributed by atoms with Crippen LogP contribution in [0.2, 0.25) is 0 Å². The Morgan fingerprint density at radius 2 is 2.12 bits per heavy atom. The molecular weight excluding hydrogens is 226 g/mol. The lowest BCUT2D eigenvalue weighted by atomic mass is 10.2. The van der Waals surface area contributed by atoms with Gasteiger partial charge in [-0.25, -0.2) is 9.59 Å². The van der Waals surface area contributed by atoms with Crippen molar-refractivity contribution >= 4 is 17.1 Å². The molecular formula is C11H9NO5. The van der Waals surface area contributed by atoms with Crippen molar-refractivity contribution in [1.82, 2.24) is 0 Å². The van der Waals surface area contributed by atoms with Crippen LogP contribution in [-0.4, -0.2) is 13.2 Å². The number of methoxy groups -OCH3 is 1. The molecule has 0 unspecified atom stereocenters. The van der Waals surface area contributed by atoms with E-state index in [1.165, 1.54) is 13.2 Å². The second kappa shape index (κ2) is 4.17. The second-order valence-electron chi connectivity index (χ2n) is 3.22. The Bertz CT molecular complexity index is 631. The average molecular weight is 235 g/mol. The molecule has 0 radical (unpaired) electrons. The van der Waals surface area contributed by atoms with Crippen molar-refractivity contribution in [3.8, 4) is 11.5 Å². The fourth-order valence-corrected chi connectivity index (χ4v) is 1.38. The van der Waals surface area contributed by atoms with Gasteiger partial charge in [-0.05, 0) is 18.2 Å². The van der Waals surface area contributed by atoms with E-state index in [4.69, 9.17) is 14.9 Å². The number of nitrogens with two attached hydrogens (primary N) is 1. The summed E-state index contributed by atoms with van der Waals surface area (Å²) in [6, 6.07) is 6.30. The highest BCUT2D eigenvalue weighted by atomic mass is 16.6. The number of ether oxygens (including phenoxy) is 2. The van der Waals surface area contributed by atoms with Gasteiger partial charge in [-0.15, -0.1) is 0 Å². The molecule has 2 N–H and O–H groups in total. The van der Waals surface area contributed by atoms with E-state index in [0.29, 0.717) is 16.7 Å². The van der Waals surface area contributed by atoms with Crippen LogP contribution in [0.3, 0.4) is 0 Å². The molecule has 6 nitrogen and oxygen atoms in total. The number of benzene rings is 1. The third-order valence-corrected chi connectivity index (χ3v) is 2.12. The van der Waals surface area contributed by atoms with Crippen LogP contribution >= 0.6 is 0 Å². The highest BCUT2D eigenvalue weighted by molar-refractivity contribution is 5.80. The van der Waals surface area contributed by atoms with Crippen LogP contribution < -0.4 is 20.8 Å². The highest BCUT2D eigenvalue weighted by Crippen LogP contribution is 2.22. The Labute approximate surface area is 95.5 Å². The van der Waals surface area contributed by atoms with Crippen LogP contribution in [0.15, 0.2) is 33.5 Å². The summed E-state index contributed by atoms with van der Waals surface area (Å²) in [7, 11) is 1.50. The van der Waals surface area contributed by atoms with E-state index in [1.54, 1.807) is 18.2 Å². The summed E-state index contributed by atoms with van der Waals surface area (Å²) in [6.45, 7) is 0. The number of primary amides is 1. The van der Waals surface area contributed by atoms with Crippen molar-refractivity contribution in [1.29, 1.82) is 0 Å². The topological polar surface area (TPSA) is 91.8 Å². The third-order valence-electron chi connectivity index (χ3n) is 2.12. The van der Waals surface area contributed by atoms with Crippen molar-refractivity contribution in [2.24, 2.45) is 5.73 Å². The fourth-order valence-electron chi connectivity index (χ4n) is 1.38. The molecule has 6 heteroatoms. The molecule has 2 rings (SSSR count). The van der Waals surface area contributed by atoms with Crippen molar-refractivity contribution in [2.75, 3.05) is 7.11 Å². The third kappa shape index (κ3) is 2.20. The van der Waals surface area contributed by atoms with Gasteiger partial charge in [0, 0.05) is 11.5 Å². The zero-order chi connectivity index (χ0) is 12.4. The first-order valence-electron chi connectivity index (χ1n) is 4.69. The van der Waals surface area contributed by atoms with Gasteiger partial charge in [0.15, 0.2) is 0 Å². The lowest BCUT2D eigenvalue weighted by Crippen LogP contribution is -2.20. The molecule has 0 fully saturated rings. The van der Waals surface area contributed by atoms with E-state index < -0.39 is 11.7 Å². The quantitative estimate of drug-likeness (QED) is 0.791. The summed E-state index contributed by atoms with van der Waals surface area (Å²) >= 11 is 0. The van der Waals surface area contributed by atoms with E-state index in [-0.39, 0.29) is 5.75 Å². The number of hydrogen-bond acceptors (Lipinski definition) is 5. The number of carbonyl (C=O) groups is 1. The molecule has 17 heavy (non-hydrogen) atoms. The summed E-state index contributed by atoms with van der Waals surface area (Å²) in [5.41, 5.74) is 4.39. The average Bonchev–Trinajstić information content (AvgIpc) is 2.29. The van der Waals surface area contributed by atoms with E-state index in [0.717, 1.165) is 0 Å². The Kier molecular flexibility index (Phi) is 2.70. The summed E-state index contributed by atoms with van der Waals surface area (Å²) in [5, 5.41) is 0.599. The van der Waals surface area contributed by atoms with Gasteiger partial charge >= 0.3 is 11.7 Å². The Hall–Kier alpha value is -2.50. The van der Waals surface area contributed by atoms with Crippen LogP contribution in [0.1, 0.15) is 0 Å². The van der Waals surface area contributed by atoms with Gasteiger partial charge in [-0.2, -0.15) is 0 Å². The standard InChI is InChI=1S/C11H9NO5/c1-15-7-3-2-6-4-9(17-11(12)14)10(13)16-8(6)5-7/h2-5H,1H3,(H2,12,14). The lowest BCUT2D eigenvalue weighted by molar-refractivity contribution is 0.209. The predicted octanol–water partition coefficient (Wildman–Crippen LogP) is 1.26. The molecule has 1 aromatic carbocycles. The SMILES string of the molecule is COc1ccc2cc(OC(N)=O)c(=O)oc2c1. The van der Waals surface area contributed by atoms with Crippen molar-refractivity contribution < 1.29 is 18.7 Å². The van der Waals surface area contributed by atoms with Gasteiger partial charge in [0.25, 0.3) is 0 Å². The zero-order valence-electron chi connectivity index (χ0n) is 8.93. The number of carbonyl (C=O) groups excluding carboxylic acids is 1. The van der Waals surface area contributed by atoms with Gasteiger partial charge in [0.2, 0.25) is 5.75 Å². The fraction of sp³-hybridized carbons (Fsp3) is 0.0909. The van der Waals surface area contributed by atoms with Crippen molar-refractivity contribution in [3.05, 3.63) is 34.7 Å². The number of rotatable bonds is 2. The van der Waals surface area contributed by atoms with Crippen molar-refractivity contribution in [3.63, 3.8) is 0 Å². The van der Waals surface area contributed by atoms with E-state index in [9.17, 15) is 9.59 Å². The van der Waals surface area contributed by atoms with Gasteiger partial charge < -0.3 is 19.6 Å². The summed E-state index contributed by atoms with van der Waals surface area (Å²) in [6.07, 6.45) is -1.06. The molecule has 0 atom stereocenters. The van der Waals surface area contributed by atoms with E-state index in [2.05, 4.69) is 4.74 Å². The maximum atomic E-state index is 11.4. The van der Waals surface area contributed by atoms with Crippen LogP contribution in [0.5, 0.6) is 11.5 Å². The Morgan fingerprint density at radius 3 is 2.76 bits per heavy atom. The maximum Gasteiger partial charge on any atom is 0.410 e.